The molecular weight excluding hydrogens is 262 g/mol. The average molecular weight is 281 g/mol. The lowest BCUT2D eigenvalue weighted by atomic mass is 9.96. The Bertz CT molecular complexity index is 496. The summed E-state index contributed by atoms with van der Waals surface area (Å²) in [5.41, 5.74) is 7.74. The van der Waals surface area contributed by atoms with Crippen LogP contribution < -0.4 is 16.4 Å². The highest BCUT2D eigenvalue weighted by atomic mass is 32.1. The maximum Gasteiger partial charge on any atom is 0.244 e. The number of hydrogen-bond acceptors (Lipinski definition) is 4. The van der Waals surface area contributed by atoms with Gasteiger partial charge >= 0.3 is 0 Å². The fraction of sp³-hybridized carbons (Fsp3) is 0.538. The Kier molecular flexibility index (Phi) is 4.55. The van der Waals surface area contributed by atoms with Gasteiger partial charge in [0.25, 0.3) is 0 Å². The molecule has 0 radical (unpaired) electrons. The molecule has 1 aliphatic rings. The summed E-state index contributed by atoms with van der Waals surface area (Å²) in [4.78, 5) is 24.1. The van der Waals surface area contributed by atoms with Crippen LogP contribution in [0.1, 0.15) is 28.8 Å². The molecule has 0 fully saturated rings. The van der Waals surface area contributed by atoms with Crippen LogP contribution in [0.3, 0.4) is 0 Å². The van der Waals surface area contributed by atoms with Gasteiger partial charge in [-0.15, -0.1) is 11.3 Å². The Labute approximate surface area is 116 Å². The van der Waals surface area contributed by atoms with E-state index >= 15 is 0 Å². The van der Waals surface area contributed by atoms with E-state index in [1.807, 2.05) is 0 Å². The lowest BCUT2D eigenvalue weighted by molar-refractivity contribution is -0.123. The molecule has 19 heavy (non-hydrogen) atoms. The number of thiophene rings is 1. The van der Waals surface area contributed by atoms with Gasteiger partial charge in [0.1, 0.15) is 0 Å². The van der Waals surface area contributed by atoms with E-state index < -0.39 is 0 Å². The van der Waals surface area contributed by atoms with Crippen LogP contribution in [0.4, 0.5) is 5.00 Å². The van der Waals surface area contributed by atoms with Crippen LogP contribution in [-0.4, -0.2) is 24.9 Å². The smallest absolute Gasteiger partial charge is 0.244 e. The van der Waals surface area contributed by atoms with Crippen molar-refractivity contribution in [2.24, 2.45) is 5.73 Å². The minimum Gasteiger partial charge on any atom is -0.346 e. The van der Waals surface area contributed by atoms with E-state index in [4.69, 9.17) is 5.73 Å². The number of fused-ring (bicyclic) bond motifs is 1. The SMILES string of the molecule is Cc1c(NC(=O)CNC(=O)CN)sc2c1CCCC2. The van der Waals surface area contributed by atoms with E-state index in [9.17, 15) is 9.59 Å². The highest BCUT2D eigenvalue weighted by molar-refractivity contribution is 7.16. The Morgan fingerprint density at radius 3 is 2.68 bits per heavy atom. The molecule has 104 valence electrons. The first-order valence-corrected chi connectivity index (χ1v) is 7.31. The standard InChI is InChI=1S/C13H19N3O2S/c1-8-9-4-2-3-5-10(9)19-13(8)16-12(18)7-15-11(17)6-14/h2-7,14H2,1H3,(H,15,17)(H,16,18). The zero-order valence-corrected chi connectivity index (χ0v) is 11.9. The van der Waals surface area contributed by atoms with Crippen molar-refractivity contribution >= 4 is 28.2 Å². The average Bonchev–Trinajstić information content (AvgIpc) is 2.73. The zero-order valence-electron chi connectivity index (χ0n) is 11.0. The third-order valence-electron chi connectivity index (χ3n) is 3.32. The van der Waals surface area contributed by atoms with Gasteiger partial charge in [-0.05, 0) is 43.7 Å². The second kappa shape index (κ2) is 6.16. The van der Waals surface area contributed by atoms with Crippen molar-refractivity contribution in [2.45, 2.75) is 32.6 Å². The first-order chi connectivity index (χ1) is 9.11. The van der Waals surface area contributed by atoms with Crippen molar-refractivity contribution in [3.63, 3.8) is 0 Å². The molecule has 4 N–H and O–H groups in total. The molecule has 0 spiro atoms. The van der Waals surface area contributed by atoms with Crippen molar-refractivity contribution in [1.82, 2.24) is 5.32 Å². The van der Waals surface area contributed by atoms with Crippen molar-refractivity contribution in [2.75, 3.05) is 18.4 Å². The van der Waals surface area contributed by atoms with E-state index in [1.54, 1.807) is 11.3 Å². The number of rotatable bonds is 4. The quantitative estimate of drug-likeness (QED) is 0.768. The predicted octanol–water partition coefficient (Wildman–Crippen LogP) is 0.949. The Hall–Kier alpha value is -1.40. The van der Waals surface area contributed by atoms with Crippen LogP contribution in [0.15, 0.2) is 0 Å². The summed E-state index contributed by atoms with van der Waals surface area (Å²) in [6, 6.07) is 0. The summed E-state index contributed by atoms with van der Waals surface area (Å²) in [7, 11) is 0. The topological polar surface area (TPSA) is 84.2 Å². The minimum atomic E-state index is -0.322. The Morgan fingerprint density at radius 2 is 2.00 bits per heavy atom. The van der Waals surface area contributed by atoms with E-state index in [2.05, 4.69) is 17.6 Å². The van der Waals surface area contributed by atoms with Gasteiger partial charge in [0.2, 0.25) is 11.8 Å². The lowest BCUT2D eigenvalue weighted by Crippen LogP contribution is -2.36. The van der Waals surface area contributed by atoms with Crippen LogP contribution in [0.2, 0.25) is 0 Å². The highest BCUT2D eigenvalue weighted by Gasteiger charge is 2.19. The molecular formula is C13H19N3O2S. The largest absolute Gasteiger partial charge is 0.346 e. The molecule has 0 aliphatic heterocycles. The fourth-order valence-electron chi connectivity index (χ4n) is 2.26. The zero-order chi connectivity index (χ0) is 13.8. The molecule has 0 saturated carbocycles. The van der Waals surface area contributed by atoms with Crippen molar-refractivity contribution < 1.29 is 9.59 Å². The molecule has 2 rings (SSSR count). The second-order valence-corrected chi connectivity index (χ2v) is 5.80. The van der Waals surface area contributed by atoms with Crippen molar-refractivity contribution in [3.8, 4) is 0 Å². The first kappa shape index (κ1) is 14.0. The number of amides is 2. The molecule has 1 aliphatic carbocycles. The number of anilines is 1. The molecule has 1 aromatic heterocycles. The normalized spacial score (nSPS) is 13.8. The molecule has 0 aromatic carbocycles. The van der Waals surface area contributed by atoms with Gasteiger partial charge in [-0.3, -0.25) is 9.59 Å². The minimum absolute atomic E-state index is 0.0297. The van der Waals surface area contributed by atoms with E-state index in [0.29, 0.717) is 0 Å². The number of nitrogens with one attached hydrogen (secondary N) is 2. The number of aryl methyl sites for hydroxylation is 1. The monoisotopic (exact) mass is 281 g/mol. The fourth-order valence-corrected chi connectivity index (χ4v) is 3.58. The number of carbonyl (C=O) groups excluding carboxylic acids is 2. The van der Waals surface area contributed by atoms with Crippen LogP contribution >= 0.6 is 11.3 Å². The summed E-state index contributed by atoms with van der Waals surface area (Å²) in [5.74, 6) is -0.527. The third kappa shape index (κ3) is 3.33. The van der Waals surface area contributed by atoms with E-state index in [-0.39, 0.29) is 24.9 Å². The molecule has 0 saturated heterocycles. The van der Waals surface area contributed by atoms with Crippen LogP contribution in [0.25, 0.3) is 0 Å². The van der Waals surface area contributed by atoms with Gasteiger partial charge in [-0.25, -0.2) is 0 Å². The molecule has 0 bridgehead atoms. The third-order valence-corrected chi connectivity index (χ3v) is 4.63. The number of hydrogen-bond donors (Lipinski definition) is 3. The van der Waals surface area contributed by atoms with Crippen LogP contribution in [0.5, 0.6) is 0 Å². The summed E-state index contributed by atoms with van der Waals surface area (Å²) < 4.78 is 0. The Morgan fingerprint density at radius 1 is 1.26 bits per heavy atom. The lowest BCUT2D eigenvalue weighted by Gasteiger charge is -2.10. The highest BCUT2D eigenvalue weighted by Crippen LogP contribution is 2.37. The molecule has 1 heterocycles. The molecule has 1 aromatic rings. The van der Waals surface area contributed by atoms with Gasteiger partial charge in [0.05, 0.1) is 18.1 Å². The molecule has 0 unspecified atom stereocenters. The number of nitrogens with two attached hydrogens (primary N) is 1. The van der Waals surface area contributed by atoms with Crippen LogP contribution in [-0.2, 0) is 22.4 Å². The maximum absolute atomic E-state index is 11.7. The van der Waals surface area contributed by atoms with Crippen LogP contribution in [0, 0.1) is 6.92 Å². The molecule has 2 amide bonds. The summed E-state index contributed by atoms with van der Waals surface area (Å²) in [6.07, 6.45) is 4.68. The summed E-state index contributed by atoms with van der Waals surface area (Å²) in [5, 5.41) is 6.25. The van der Waals surface area contributed by atoms with Gasteiger partial charge in [0.15, 0.2) is 0 Å². The summed E-state index contributed by atoms with van der Waals surface area (Å²) >= 11 is 1.66. The van der Waals surface area contributed by atoms with Crippen molar-refractivity contribution in [3.05, 3.63) is 16.0 Å². The molecule has 5 nitrogen and oxygen atoms in total. The van der Waals surface area contributed by atoms with Gasteiger partial charge in [-0.2, -0.15) is 0 Å². The van der Waals surface area contributed by atoms with E-state index in [0.717, 1.165) is 17.8 Å². The molecule has 0 atom stereocenters. The van der Waals surface area contributed by atoms with Gasteiger partial charge in [-0.1, -0.05) is 0 Å². The van der Waals surface area contributed by atoms with Gasteiger partial charge in [0, 0.05) is 4.88 Å². The number of carbonyl (C=O) groups is 2. The van der Waals surface area contributed by atoms with Gasteiger partial charge < -0.3 is 16.4 Å². The molecule has 6 heteroatoms. The maximum atomic E-state index is 11.7. The second-order valence-electron chi connectivity index (χ2n) is 4.69. The van der Waals surface area contributed by atoms with E-state index in [1.165, 1.54) is 28.8 Å². The summed E-state index contributed by atoms with van der Waals surface area (Å²) in [6.45, 7) is 1.92. The predicted molar refractivity (Wildman–Crippen MR) is 76.4 cm³/mol. The first-order valence-electron chi connectivity index (χ1n) is 6.49. The Balaban J connectivity index is 1.97. The van der Waals surface area contributed by atoms with Crippen molar-refractivity contribution in [1.29, 1.82) is 0 Å².